The molecule has 0 N–H and O–H groups in total. The molecule has 1 atom stereocenters. The summed E-state index contributed by atoms with van der Waals surface area (Å²) in [6, 6.07) is 5.34. The quantitative estimate of drug-likeness (QED) is 0.814. The Balaban J connectivity index is 2.73. The Morgan fingerprint density at radius 1 is 1.44 bits per heavy atom. The lowest BCUT2D eigenvalue weighted by Gasteiger charge is -2.18. The van der Waals surface area contributed by atoms with Crippen molar-refractivity contribution in [1.82, 2.24) is 4.90 Å². The molecule has 1 aromatic carbocycles. The summed E-state index contributed by atoms with van der Waals surface area (Å²) < 4.78 is 5.52. The number of carbonyl (C=O) groups excluding carboxylic acids is 1. The maximum absolute atomic E-state index is 11.6. The minimum Gasteiger partial charge on any atom is -0.481 e. The van der Waals surface area contributed by atoms with Gasteiger partial charge in [0, 0.05) is 19.1 Å². The highest BCUT2D eigenvalue weighted by molar-refractivity contribution is 6.31. The van der Waals surface area contributed by atoms with Crippen molar-refractivity contribution in [3.8, 4) is 5.75 Å². The van der Waals surface area contributed by atoms with Crippen molar-refractivity contribution in [3.63, 3.8) is 0 Å². The minimum absolute atomic E-state index is 0.0624. The van der Waals surface area contributed by atoms with Gasteiger partial charge in [0.1, 0.15) is 5.75 Å². The SMILES string of the molecule is Cc1cc(OC(C)C(=O)N(C)C)ccc1Cl. The highest BCUT2D eigenvalue weighted by Crippen LogP contribution is 2.21. The Hall–Kier alpha value is -1.22. The number of hydrogen-bond acceptors (Lipinski definition) is 2. The molecule has 0 aliphatic heterocycles. The second kappa shape index (κ2) is 5.21. The van der Waals surface area contributed by atoms with Crippen LogP contribution in [0.1, 0.15) is 12.5 Å². The first-order chi connectivity index (χ1) is 7.41. The molecule has 0 aromatic heterocycles. The molecule has 16 heavy (non-hydrogen) atoms. The Bertz CT molecular complexity index is 391. The van der Waals surface area contributed by atoms with E-state index >= 15 is 0 Å². The first kappa shape index (κ1) is 12.8. The Morgan fingerprint density at radius 3 is 2.56 bits per heavy atom. The van der Waals surface area contributed by atoms with Crippen molar-refractivity contribution in [2.75, 3.05) is 14.1 Å². The second-order valence-corrected chi connectivity index (χ2v) is 4.31. The maximum atomic E-state index is 11.6. The Morgan fingerprint density at radius 2 is 2.06 bits per heavy atom. The fourth-order valence-corrected chi connectivity index (χ4v) is 1.43. The van der Waals surface area contributed by atoms with Gasteiger partial charge in [0.25, 0.3) is 5.91 Å². The molecular weight excluding hydrogens is 226 g/mol. The van der Waals surface area contributed by atoms with Crippen molar-refractivity contribution < 1.29 is 9.53 Å². The van der Waals surface area contributed by atoms with Crippen LogP contribution in [0.5, 0.6) is 5.75 Å². The second-order valence-electron chi connectivity index (χ2n) is 3.90. The number of hydrogen-bond donors (Lipinski definition) is 0. The van der Waals surface area contributed by atoms with E-state index in [-0.39, 0.29) is 5.91 Å². The predicted molar refractivity (Wildman–Crippen MR) is 65.0 cm³/mol. The Labute approximate surface area is 101 Å². The molecule has 0 spiro atoms. The standard InChI is InChI=1S/C12H16ClNO2/c1-8-7-10(5-6-11(8)13)16-9(2)12(15)14(3)4/h5-7,9H,1-4H3. The van der Waals surface area contributed by atoms with Crippen LogP contribution in [-0.2, 0) is 4.79 Å². The molecule has 0 fully saturated rings. The van der Waals surface area contributed by atoms with Crippen LogP contribution in [0.15, 0.2) is 18.2 Å². The van der Waals surface area contributed by atoms with Gasteiger partial charge in [0.15, 0.2) is 6.10 Å². The Kier molecular flexibility index (Phi) is 4.19. The monoisotopic (exact) mass is 241 g/mol. The number of halogens is 1. The van der Waals surface area contributed by atoms with Gasteiger partial charge in [-0.25, -0.2) is 0 Å². The molecular formula is C12H16ClNO2. The van der Waals surface area contributed by atoms with E-state index in [1.807, 2.05) is 13.0 Å². The van der Waals surface area contributed by atoms with Gasteiger partial charge in [0.2, 0.25) is 0 Å². The zero-order chi connectivity index (χ0) is 12.3. The highest BCUT2D eigenvalue weighted by atomic mass is 35.5. The fourth-order valence-electron chi connectivity index (χ4n) is 1.31. The number of benzene rings is 1. The van der Waals surface area contributed by atoms with Crippen LogP contribution in [0.2, 0.25) is 5.02 Å². The fraction of sp³-hybridized carbons (Fsp3) is 0.417. The summed E-state index contributed by atoms with van der Waals surface area (Å²) in [5.74, 6) is 0.595. The zero-order valence-corrected chi connectivity index (χ0v) is 10.7. The van der Waals surface area contributed by atoms with Gasteiger partial charge in [-0.05, 0) is 37.6 Å². The summed E-state index contributed by atoms with van der Waals surface area (Å²) in [5.41, 5.74) is 0.934. The van der Waals surface area contributed by atoms with Crippen molar-refractivity contribution in [2.24, 2.45) is 0 Å². The lowest BCUT2D eigenvalue weighted by Crippen LogP contribution is -2.35. The molecule has 0 saturated carbocycles. The van der Waals surface area contributed by atoms with Crippen molar-refractivity contribution in [3.05, 3.63) is 28.8 Å². The van der Waals surface area contributed by atoms with E-state index in [4.69, 9.17) is 16.3 Å². The van der Waals surface area contributed by atoms with E-state index in [0.717, 1.165) is 5.56 Å². The smallest absolute Gasteiger partial charge is 0.262 e. The summed E-state index contributed by atoms with van der Waals surface area (Å²) in [5, 5.41) is 0.693. The van der Waals surface area contributed by atoms with Gasteiger partial charge < -0.3 is 9.64 Å². The predicted octanol–water partition coefficient (Wildman–Crippen LogP) is 2.50. The van der Waals surface area contributed by atoms with Crippen LogP contribution in [0.25, 0.3) is 0 Å². The average Bonchev–Trinajstić information content (AvgIpc) is 2.22. The number of ether oxygens (including phenoxy) is 1. The zero-order valence-electron chi connectivity index (χ0n) is 9.95. The molecule has 1 amide bonds. The third-order valence-electron chi connectivity index (χ3n) is 2.23. The van der Waals surface area contributed by atoms with Crippen LogP contribution < -0.4 is 4.74 Å². The number of nitrogens with zero attached hydrogens (tertiary/aromatic N) is 1. The topological polar surface area (TPSA) is 29.5 Å². The average molecular weight is 242 g/mol. The molecule has 3 nitrogen and oxygen atoms in total. The first-order valence-corrected chi connectivity index (χ1v) is 5.43. The van der Waals surface area contributed by atoms with Crippen LogP contribution in [0.4, 0.5) is 0 Å². The summed E-state index contributed by atoms with van der Waals surface area (Å²) in [4.78, 5) is 13.1. The molecule has 0 saturated heterocycles. The van der Waals surface area contributed by atoms with Gasteiger partial charge in [0.05, 0.1) is 0 Å². The van der Waals surface area contributed by atoms with E-state index in [1.54, 1.807) is 33.2 Å². The first-order valence-electron chi connectivity index (χ1n) is 5.06. The number of rotatable bonds is 3. The van der Waals surface area contributed by atoms with Crippen molar-refractivity contribution in [2.45, 2.75) is 20.0 Å². The largest absolute Gasteiger partial charge is 0.481 e. The lowest BCUT2D eigenvalue weighted by molar-refractivity contribution is -0.135. The maximum Gasteiger partial charge on any atom is 0.262 e. The highest BCUT2D eigenvalue weighted by Gasteiger charge is 2.16. The van der Waals surface area contributed by atoms with Crippen LogP contribution in [0, 0.1) is 6.92 Å². The third kappa shape index (κ3) is 3.14. The third-order valence-corrected chi connectivity index (χ3v) is 2.65. The molecule has 0 aliphatic rings. The molecule has 0 radical (unpaired) electrons. The van der Waals surface area contributed by atoms with Gasteiger partial charge in [-0.1, -0.05) is 11.6 Å². The van der Waals surface area contributed by atoms with E-state index in [1.165, 1.54) is 4.90 Å². The summed E-state index contributed by atoms with van der Waals surface area (Å²) in [7, 11) is 3.41. The normalized spacial score (nSPS) is 12.1. The minimum atomic E-state index is -0.490. The number of likely N-dealkylation sites (N-methyl/N-ethyl adjacent to an activating group) is 1. The molecule has 1 aromatic rings. The van der Waals surface area contributed by atoms with E-state index in [0.29, 0.717) is 10.8 Å². The van der Waals surface area contributed by atoms with Crippen molar-refractivity contribution in [1.29, 1.82) is 0 Å². The van der Waals surface area contributed by atoms with E-state index in [9.17, 15) is 4.79 Å². The molecule has 88 valence electrons. The molecule has 1 rings (SSSR count). The van der Waals surface area contributed by atoms with Crippen LogP contribution in [0.3, 0.4) is 0 Å². The lowest BCUT2D eigenvalue weighted by atomic mass is 10.2. The van der Waals surface area contributed by atoms with Gasteiger partial charge in [-0.15, -0.1) is 0 Å². The van der Waals surface area contributed by atoms with Crippen molar-refractivity contribution >= 4 is 17.5 Å². The van der Waals surface area contributed by atoms with Crippen LogP contribution in [-0.4, -0.2) is 31.0 Å². The molecule has 0 heterocycles. The van der Waals surface area contributed by atoms with Gasteiger partial charge in [-0.2, -0.15) is 0 Å². The summed E-state index contributed by atoms with van der Waals surface area (Å²) in [6.45, 7) is 3.62. The van der Waals surface area contributed by atoms with Gasteiger partial charge in [-0.3, -0.25) is 4.79 Å². The van der Waals surface area contributed by atoms with Gasteiger partial charge >= 0.3 is 0 Å². The summed E-state index contributed by atoms with van der Waals surface area (Å²) >= 11 is 5.90. The number of carbonyl (C=O) groups is 1. The molecule has 0 bridgehead atoms. The van der Waals surface area contributed by atoms with E-state index < -0.39 is 6.10 Å². The molecule has 1 unspecified atom stereocenters. The molecule has 0 aliphatic carbocycles. The summed E-state index contributed by atoms with van der Waals surface area (Å²) in [6.07, 6.45) is -0.490. The van der Waals surface area contributed by atoms with Crippen LogP contribution >= 0.6 is 11.6 Å². The van der Waals surface area contributed by atoms with E-state index in [2.05, 4.69) is 0 Å². The number of aryl methyl sites for hydroxylation is 1. The number of amides is 1. The molecule has 4 heteroatoms.